The van der Waals surface area contributed by atoms with E-state index in [1.54, 1.807) is 0 Å². The molecule has 0 amide bonds. The molecular formula is C16H23NO. The van der Waals surface area contributed by atoms with Crippen molar-refractivity contribution >= 4 is 5.69 Å². The van der Waals surface area contributed by atoms with Gasteiger partial charge < -0.3 is 10.1 Å². The van der Waals surface area contributed by atoms with Crippen molar-refractivity contribution in [2.24, 2.45) is 0 Å². The Labute approximate surface area is 110 Å². The van der Waals surface area contributed by atoms with Crippen molar-refractivity contribution in [2.75, 3.05) is 11.9 Å². The summed E-state index contributed by atoms with van der Waals surface area (Å²) in [7, 11) is 0. The van der Waals surface area contributed by atoms with Gasteiger partial charge in [-0.2, -0.15) is 0 Å². The molecule has 18 heavy (non-hydrogen) atoms. The molecule has 1 aliphatic carbocycles. The number of anilines is 1. The van der Waals surface area contributed by atoms with E-state index in [-0.39, 0.29) is 5.54 Å². The minimum Gasteiger partial charge on any atom is -0.494 e. The van der Waals surface area contributed by atoms with E-state index in [0.29, 0.717) is 6.61 Å². The predicted molar refractivity (Wildman–Crippen MR) is 77.2 cm³/mol. The smallest absolute Gasteiger partial charge is 0.119 e. The van der Waals surface area contributed by atoms with Crippen LogP contribution in [0.25, 0.3) is 0 Å². The van der Waals surface area contributed by atoms with E-state index in [2.05, 4.69) is 24.0 Å². The molecule has 2 rings (SSSR count). The average molecular weight is 245 g/mol. The van der Waals surface area contributed by atoms with Gasteiger partial charge in [0.2, 0.25) is 0 Å². The van der Waals surface area contributed by atoms with Crippen LogP contribution in [-0.2, 0) is 0 Å². The summed E-state index contributed by atoms with van der Waals surface area (Å²) in [5.74, 6) is 0.937. The van der Waals surface area contributed by atoms with Crippen LogP contribution in [-0.4, -0.2) is 12.1 Å². The van der Waals surface area contributed by atoms with Gasteiger partial charge in [0.25, 0.3) is 0 Å². The van der Waals surface area contributed by atoms with Crippen molar-refractivity contribution in [3.8, 4) is 5.75 Å². The Hall–Kier alpha value is -1.44. The van der Waals surface area contributed by atoms with E-state index >= 15 is 0 Å². The van der Waals surface area contributed by atoms with Crippen molar-refractivity contribution in [3.63, 3.8) is 0 Å². The van der Waals surface area contributed by atoms with Crippen LogP contribution in [0.4, 0.5) is 5.69 Å². The molecule has 1 aromatic carbocycles. The summed E-state index contributed by atoms with van der Waals surface area (Å²) in [6, 6.07) is 8.27. The van der Waals surface area contributed by atoms with Crippen LogP contribution in [0.15, 0.2) is 36.9 Å². The second kappa shape index (κ2) is 5.94. The van der Waals surface area contributed by atoms with Gasteiger partial charge in [-0.25, -0.2) is 0 Å². The van der Waals surface area contributed by atoms with Gasteiger partial charge in [-0.15, -0.1) is 6.58 Å². The molecule has 1 aliphatic rings. The zero-order valence-electron chi connectivity index (χ0n) is 11.2. The molecule has 0 atom stereocenters. The maximum atomic E-state index is 5.46. The van der Waals surface area contributed by atoms with Crippen LogP contribution in [0.2, 0.25) is 0 Å². The first kappa shape index (κ1) is 13.0. The summed E-state index contributed by atoms with van der Waals surface area (Å²) in [5.41, 5.74) is 1.41. The van der Waals surface area contributed by atoms with Gasteiger partial charge in [-0.1, -0.05) is 18.9 Å². The molecule has 1 saturated carbocycles. The fourth-order valence-corrected chi connectivity index (χ4v) is 2.82. The molecule has 0 unspecified atom stereocenters. The molecule has 0 spiro atoms. The van der Waals surface area contributed by atoms with Crippen LogP contribution in [0.1, 0.15) is 39.0 Å². The van der Waals surface area contributed by atoms with Crippen molar-refractivity contribution < 1.29 is 4.74 Å². The zero-order chi connectivity index (χ0) is 12.8. The summed E-state index contributed by atoms with van der Waals surface area (Å²) in [5, 5.41) is 3.70. The molecule has 2 nitrogen and oxygen atoms in total. The molecule has 1 fully saturated rings. The van der Waals surface area contributed by atoms with Crippen molar-refractivity contribution in [3.05, 3.63) is 36.9 Å². The molecule has 0 aliphatic heterocycles. The quantitative estimate of drug-likeness (QED) is 0.751. The highest BCUT2D eigenvalue weighted by atomic mass is 16.5. The molecule has 0 aromatic heterocycles. The van der Waals surface area contributed by atoms with Gasteiger partial charge in [-0.05, 0) is 50.5 Å². The Balaban J connectivity index is 2.04. The monoisotopic (exact) mass is 245 g/mol. The van der Waals surface area contributed by atoms with Crippen molar-refractivity contribution in [1.82, 2.24) is 0 Å². The van der Waals surface area contributed by atoms with Gasteiger partial charge in [0.1, 0.15) is 5.75 Å². The Kier molecular flexibility index (Phi) is 4.29. The molecule has 0 saturated heterocycles. The first-order chi connectivity index (χ1) is 8.78. The van der Waals surface area contributed by atoms with Gasteiger partial charge in [0.15, 0.2) is 0 Å². The third kappa shape index (κ3) is 3.06. The lowest BCUT2D eigenvalue weighted by Crippen LogP contribution is -2.34. The zero-order valence-corrected chi connectivity index (χ0v) is 11.2. The molecule has 1 aromatic rings. The Bertz CT molecular complexity index is 377. The lowest BCUT2D eigenvalue weighted by molar-refractivity contribution is 0.340. The summed E-state index contributed by atoms with van der Waals surface area (Å²) < 4.78 is 5.46. The number of nitrogens with one attached hydrogen (secondary N) is 1. The van der Waals surface area contributed by atoms with Crippen LogP contribution in [0.5, 0.6) is 5.75 Å². The predicted octanol–water partition coefficient (Wildman–Crippen LogP) is 4.39. The van der Waals surface area contributed by atoms with E-state index in [1.807, 2.05) is 25.1 Å². The number of hydrogen-bond donors (Lipinski definition) is 1. The largest absolute Gasteiger partial charge is 0.494 e. The second-order valence-corrected chi connectivity index (χ2v) is 5.06. The lowest BCUT2D eigenvalue weighted by Gasteiger charge is -2.30. The van der Waals surface area contributed by atoms with Gasteiger partial charge in [-0.3, -0.25) is 0 Å². The molecule has 98 valence electrons. The average Bonchev–Trinajstić information content (AvgIpc) is 2.81. The van der Waals surface area contributed by atoms with E-state index in [9.17, 15) is 0 Å². The fourth-order valence-electron chi connectivity index (χ4n) is 2.82. The van der Waals surface area contributed by atoms with Crippen molar-refractivity contribution in [2.45, 2.75) is 44.6 Å². The lowest BCUT2D eigenvalue weighted by atomic mass is 9.93. The topological polar surface area (TPSA) is 21.3 Å². The standard InChI is InChI=1S/C16H23NO/c1-3-11-16(12-5-6-13-16)17-14-7-9-15(10-8-14)18-4-2/h3,7-10,17H,1,4-6,11-13H2,2H3. The highest BCUT2D eigenvalue weighted by Gasteiger charge is 2.32. The first-order valence-corrected chi connectivity index (χ1v) is 6.90. The third-order valence-electron chi connectivity index (χ3n) is 3.67. The minimum absolute atomic E-state index is 0.231. The Morgan fingerprint density at radius 3 is 2.50 bits per heavy atom. The number of benzene rings is 1. The van der Waals surface area contributed by atoms with Crippen LogP contribution in [0.3, 0.4) is 0 Å². The van der Waals surface area contributed by atoms with Crippen LogP contribution >= 0.6 is 0 Å². The molecule has 0 heterocycles. The molecule has 0 radical (unpaired) electrons. The summed E-state index contributed by atoms with van der Waals surface area (Å²) in [6.45, 7) is 6.61. The highest BCUT2D eigenvalue weighted by molar-refractivity contribution is 5.48. The fraction of sp³-hybridized carbons (Fsp3) is 0.500. The summed E-state index contributed by atoms with van der Waals surface area (Å²) in [6.07, 6.45) is 8.20. The highest BCUT2D eigenvalue weighted by Crippen LogP contribution is 2.36. The SMILES string of the molecule is C=CCC1(Nc2ccc(OCC)cc2)CCCC1. The first-order valence-electron chi connectivity index (χ1n) is 6.90. The van der Waals surface area contributed by atoms with E-state index < -0.39 is 0 Å². The van der Waals surface area contributed by atoms with E-state index in [0.717, 1.165) is 12.2 Å². The number of hydrogen-bond acceptors (Lipinski definition) is 2. The third-order valence-corrected chi connectivity index (χ3v) is 3.67. The normalized spacial score (nSPS) is 17.4. The van der Waals surface area contributed by atoms with Gasteiger partial charge >= 0.3 is 0 Å². The number of ether oxygens (including phenoxy) is 1. The second-order valence-electron chi connectivity index (χ2n) is 5.06. The Morgan fingerprint density at radius 1 is 1.28 bits per heavy atom. The van der Waals surface area contributed by atoms with Gasteiger partial charge in [0, 0.05) is 11.2 Å². The van der Waals surface area contributed by atoms with Crippen LogP contribution in [0, 0.1) is 0 Å². The van der Waals surface area contributed by atoms with E-state index in [1.165, 1.54) is 31.4 Å². The maximum absolute atomic E-state index is 5.46. The maximum Gasteiger partial charge on any atom is 0.119 e. The van der Waals surface area contributed by atoms with Gasteiger partial charge in [0.05, 0.1) is 6.61 Å². The van der Waals surface area contributed by atoms with E-state index in [4.69, 9.17) is 4.74 Å². The molecular weight excluding hydrogens is 222 g/mol. The Morgan fingerprint density at radius 2 is 1.94 bits per heavy atom. The van der Waals surface area contributed by atoms with Crippen LogP contribution < -0.4 is 10.1 Å². The molecule has 2 heteroatoms. The van der Waals surface area contributed by atoms with Crippen molar-refractivity contribution in [1.29, 1.82) is 0 Å². The number of rotatable bonds is 6. The minimum atomic E-state index is 0.231. The summed E-state index contributed by atoms with van der Waals surface area (Å²) >= 11 is 0. The summed E-state index contributed by atoms with van der Waals surface area (Å²) in [4.78, 5) is 0. The molecule has 1 N–H and O–H groups in total. The molecule has 0 bridgehead atoms.